The van der Waals surface area contributed by atoms with Gasteiger partial charge in [-0.2, -0.15) is 57.1 Å². The third kappa shape index (κ3) is 3.54. The molecule has 0 aliphatic heterocycles. The standard InChI is InChI=1S/C9H7Cl2F13Si/c1-3(25(2,10)11)4(12,13)5(14,15)6(16,17)7(18,19)8(20,21)9(22,23)24/h3H,1-2H3. The lowest BCUT2D eigenvalue weighted by molar-refractivity contribution is -0.439. The highest BCUT2D eigenvalue weighted by Crippen LogP contribution is 2.63. The van der Waals surface area contributed by atoms with Crippen molar-refractivity contribution in [2.75, 3.05) is 0 Å². The number of hydrogen-bond donors (Lipinski definition) is 0. The molecule has 0 saturated carbocycles. The molecule has 0 aromatic carbocycles. The molecule has 0 nitrogen and oxygen atoms in total. The quantitative estimate of drug-likeness (QED) is 0.236. The van der Waals surface area contributed by atoms with Gasteiger partial charge in [0.1, 0.15) is 0 Å². The van der Waals surface area contributed by atoms with Gasteiger partial charge in [0.05, 0.1) is 0 Å². The van der Waals surface area contributed by atoms with Crippen LogP contribution in [0, 0.1) is 0 Å². The summed E-state index contributed by atoms with van der Waals surface area (Å²) in [6.07, 6.45) is -7.43. The molecule has 0 aromatic heterocycles. The van der Waals surface area contributed by atoms with Gasteiger partial charge >= 0.3 is 35.8 Å². The van der Waals surface area contributed by atoms with Crippen LogP contribution in [0.1, 0.15) is 6.92 Å². The minimum atomic E-state index is -7.92. The average molecular weight is 461 g/mol. The molecule has 16 heteroatoms. The maximum Gasteiger partial charge on any atom is 0.460 e. The highest BCUT2D eigenvalue weighted by atomic mass is 35.7. The molecule has 0 bridgehead atoms. The summed E-state index contributed by atoms with van der Waals surface area (Å²) in [4.78, 5) is 0. The van der Waals surface area contributed by atoms with Crippen LogP contribution >= 0.6 is 22.2 Å². The third-order valence-corrected chi connectivity index (χ3v) is 7.11. The zero-order valence-electron chi connectivity index (χ0n) is 11.7. The zero-order chi connectivity index (χ0) is 21.1. The fourth-order valence-corrected chi connectivity index (χ4v) is 3.01. The Morgan fingerprint density at radius 3 is 1.12 bits per heavy atom. The van der Waals surface area contributed by atoms with Crippen molar-refractivity contribution in [3.63, 3.8) is 0 Å². The highest BCUT2D eigenvalue weighted by molar-refractivity contribution is 7.45. The lowest BCUT2D eigenvalue weighted by Gasteiger charge is -2.42. The van der Waals surface area contributed by atoms with Crippen LogP contribution in [-0.2, 0) is 0 Å². The molecule has 0 aliphatic rings. The SMILES string of the molecule is CC(C(F)(F)C(F)(F)C(F)(F)C(F)(F)C(F)(F)C(F)(F)F)[Si](C)(Cl)Cl. The Bertz CT molecular complexity index is 493. The molecule has 0 N–H and O–H groups in total. The van der Waals surface area contributed by atoms with E-state index < -0.39 is 48.0 Å². The molecule has 0 radical (unpaired) electrons. The first-order valence-electron chi connectivity index (χ1n) is 5.74. The van der Waals surface area contributed by atoms with Gasteiger partial charge in [-0.05, 0) is 6.55 Å². The second kappa shape index (κ2) is 6.21. The molecule has 152 valence electrons. The smallest absolute Gasteiger partial charge is 0.200 e. The first-order valence-corrected chi connectivity index (χ1v) is 10.3. The van der Waals surface area contributed by atoms with E-state index >= 15 is 0 Å². The van der Waals surface area contributed by atoms with Crippen molar-refractivity contribution >= 4 is 28.9 Å². The van der Waals surface area contributed by atoms with Crippen molar-refractivity contribution in [2.45, 2.75) is 54.8 Å². The minimum absolute atomic E-state index is 0.0380. The number of hydrogen-bond acceptors (Lipinski definition) is 0. The van der Waals surface area contributed by atoms with Gasteiger partial charge < -0.3 is 0 Å². The monoisotopic (exact) mass is 460 g/mol. The zero-order valence-corrected chi connectivity index (χ0v) is 14.3. The summed E-state index contributed by atoms with van der Waals surface area (Å²) in [5.74, 6) is -37.1. The van der Waals surface area contributed by atoms with E-state index in [1.807, 2.05) is 0 Å². The molecule has 0 saturated heterocycles. The van der Waals surface area contributed by atoms with E-state index in [2.05, 4.69) is 0 Å². The summed E-state index contributed by atoms with van der Waals surface area (Å²) >= 11 is 10.3. The molecule has 0 aromatic rings. The predicted octanol–water partition coefficient (Wildman–Crippen LogP) is 6.66. The summed E-state index contributed by atoms with van der Waals surface area (Å²) < 4.78 is 167. The van der Waals surface area contributed by atoms with Crippen LogP contribution in [0.2, 0.25) is 12.1 Å². The lowest BCUT2D eigenvalue weighted by atomic mass is 9.93. The molecule has 25 heavy (non-hydrogen) atoms. The average Bonchev–Trinajstić information content (AvgIpc) is 2.34. The number of rotatable bonds is 6. The molecule has 1 unspecified atom stereocenters. The van der Waals surface area contributed by atoms with Crippen molar-refractivity contribution in [1.29, 1.82) is 0 Å². The molecule has 0 heterocycles. The van der Waals surface area contributed by atoms with E-state index in [1.165, 1.54) is 0 Å². The summed E-state index contributed by atoms with van der Waals surface area (Å²) in [7, 11) is 0. The van der Waals surface area contributed by atoms with Crippen LogP contribution in [0.4, 0.5) is 57.1 Å². The van der Waals surface area contributed by atoms with E-state index in [0.29, 0.717) is 6.55 Å². The fraction of sp³-hybridized carbons (Fsp3) is 1.00. The highest BCUT2D eigenvalue weighted by Gasteiger charge is 2.91. The lowest BCUT2D eigenvalue weighted by Crippen LogP contribution is -2.71. The summed E-state index contributed by atoms with van der Waals surface area (Å²) in [6, 6.07) is 0. The molecule has 0 spiro atoms. The van der Waals surface area contributed by atoms with Gasteiger partial charge in [0, 0.05) is 5.54 Å². The first-order chi connectivity index (χ1) is 10.4. The summed E-state index contributed by atoms with van der Waals surface area (Å²) in [6.45, 7) is -3.97. The topological polar surface area (TPSA) is 0 Å². The Balaban J connectivity index is 6.40. The molecule has 1 atom stereocenters. The van der Waals surface area contributed by atoms with Crippen molar-refractivity contribution < 1.29 is 57.1 Å². The Morgan fingerprint density at radius 2 is 0.880 bits per heavy atom. The van der Waals surface area contributed by atoms with Gasteiger partial charge in [-0.1, -0.05) is 6.92 Å². The molecule has 0 aliphatic carbocycles. The normalized spacial score (nSPS) is 17.6. The van der Waals surface area contributed by atoms with Gasteiger partial charge in [-0.3, -0.25) is 0 Å². The third-order valence-electron chi connectivity index (χ3n) is 3.26. The summed E-state index contributed by atoms with van der Waals surface area (Å²) in [5, 5.41) is 0. The maximum absolute atomic E-state index is 13.6. The van der Waals surface area contributed by atoms with Crippen LogP contribution in [0.5, 0.6) is 0 Å². The van der Waals surface area contributed by atoms with Crippen LogP contribution in [-0.4, -0.2) is 42.5 Å². The molecule has 0 amide bonds. The Labute approximate surface area is 141 Å². The van der Waals surface area contributed by atoms with Gasteiger partial charge in [0.2, 0.25) is 0 Å². The van der Waals surface area contributed by atoms with E-state index in [4.69, 9.17) is 22.2 Å². The fourth-order valence-electron chi connectivity index (χ4n) is 1.37. The molecular formula is C9H7Cl2F13Si. The van der Waals surface area contributed by atoms with Crippen molar-refractivity contribution in [3.05, 3.63) is 0 Å². The van der Waals surface area contributed by atoms with Crippen molar-refractivity contribution in [3.8, 4) is 0 Å². The number of halogens is 15. The van der Waals surface area contributed by atoms with Crippen LogP contribution in [0.3, 0.4) is 0 Å². The van der Waals surface area contributed by atoms with Crippen LogP contribution in [0.15, 0.2) is 0 Å². The molecule has 0 fully saturated rings. The van der Waals surface area contributed by atoms with Gasteiger partial charge in [0.25, 0.3) is 6.69 Å². The van der Waals surface area contributed by atoms with Crippen molar-refractivity contribution in [2.24, 2.45) is 0 Å². The van der Waals surface area contributed by atoms with Crippen molar-refractivity contribution in [1.82, 2.24) is 0 Å². The Hall–Kier alpha value is -0.113. The van der Waals surface area contributed by atoms with E-state index in [1.54, 1.807) is 0 Å². The molecular weight excluding hydrogens is 454 g/mol. The number of alkyl halides is 13. The Morgan fingerprint density at radius 1 is 0.600 bits per heavy atom. The molecule has 0 rings (SSSR count). The largest absolute Gasteiger partial charge is 0.460 e. The minimum Gasteiger partial charge on any atom is -0.200 e. The van der Waals surface area contributed by atoms with Crippen LogP contribution in [0.25, 0.3) is 0 Å². The van der Waals surface area contributed by atoms with Gasteiger partial charge in [0.15, 0.2) is 0 Å². The predicted molar refractivity (Wildman–Crippen MR) is 63.5 cm³/mol. The second-order valence-corrected chi connectivity index (χ2v) is 13.2. The van der Waals surface area contributed by atoms with E-state index in [0.717, 1.165) is 0 Å². The maximum atomic E-state index is 13.6. The van der Waals surface area contributed by atoms with Crippen LogP contribution < -0.4 is 0 Å². The Kier molecular flexibility index (Phi) is 6.18. The first kappa shape index (κ1) is 24.9. The van der Waals surface area contributed by atoms with Gasteiger partial charge in [-0.15, -0.1) is 22.2 Å². The second-order valence-electron chi connectivity index (χ2n) is 5.10. The van der Waals surface area contributed by atoms with E-state index in [9.17, 15) is 57.1 Å². The van der Waals surface area contributed by atoms with E-state index in [-0.39, 0.29) is 6.92 Å². The summed E-state index contributed by atoms with van der Waals surface area (Å²) in [5.41, 5.74) is -3.13. The van der Waals surface area contributed by atoms with Gasteiger partial charge in [-0.25, -0.2) is 0 Å².